The van der Waals surface area contributed by atoms with E-state index in [1.807, 2.05) is 24.3 Å². The topological polar surface area (TPSA) is 85.5 Å². The lowest BCUT2D eigenvalue weighted by Crippen LogP contribution is -2.56. The molecule has 0 N–H and O–H groups in total. The van der Waals surface area contributed by atoms with Crippen LogP contribution in [0.2, 0.25) is 10.0 Å². The molecule has 0 bridgehead atoms. The summed E-state index contributed by atoms with van der Waals surface area (Å²) in [4.78, 5) is 26.9. The van der Waals surface area contributed by atoms with Crippen molar-refractivity contribution >= 4 is 68.4 Å². The summed E-state index contributed by atoms with van der Waals surface area (Å²) in [6.45, 7) is -0.139. The molecule has 1 aromatic heterocycles. The summed E-state index contributed by atoms with van der Waals surface area (Å²) >= 11 is 21.8. The lowest BCUT2D eigenvalue weighted by molar-refractivity contribution is -0.124. The molecule has 1 amide bonds. The highest BCUT2D eigenvalue weighted by atomic mass is 79.9. The third kappa shape index (κ3) is 4.86. The second kappa shape index (κ2) is 10.2. The molecule has 1 aliphatic rings. The maximum absolute atomic E-state index is 13.1. The average Bonchev–Trinajstić information content (AvgIpc) is 3.34. The Bertz CT molecular complexity index is 1460. The van der Waals surface area contributed by atoms with Crippen molar-refractivity contribution in [1.82, 2.24) is 10.2 Å². The van der Waals surface area contributed by atoms with Gasteiger partial charge < -0.3 is 9.15 Å². The van der Waals surface area contributed by atoms with Gasteiger partial charge >= 0.3 is 6.01 Å². The van der Waals surface area contributed by atoms with Gasteiger partial charge in [0.15, 0.2) is 12.4 Å². The molecular formula is C25H15BrCl3N3O4. The van der Waals surface area contributed by atoms with Crippen LogP contribution in [0, 0.1) is 0 Å². The minimum Gasteiger partial charge on any atom is -0.483 e. The number of nitrogens with zero attached hydrogens (tertiary/aromatic N) is 3. The molecule has 5 rings (SSSR count). The zero-order chi connectivity index (χ0) is 25.4. The highest BCUT2D eigenvalue weighted by Crippen LogP contribution is 2.41. The first-order valence-electron chi connectivity index (χ1n) is 10.6. The van der Waals surface area contributed by atoms with Crippen molar-refractivity contribution in [3.8, 4) is 5.75 Å². The van der Waals surface area contributed by atoms with Gasteiger partial charge in [-0.15, -0.1) is 16.7 Å². The fraction of sp³-hybridized carbons (Fsp3) is 0.120. The number of ketones is 1. The monoisotopic (exact) mass is 605 g/mol. The molecule has 1 aliphatic heterocycles. The van der Waals surface area contributed by atoms with Gasteiger partial charge in [0, 0.05) is 20.1 Å². The Kier molecular flexibility index (Phi) is 7.03. The summed E-state index contributed by atoms with van der Waals surface area (Å²) < 4.78 is 12.4. The van der Waals surface area contributed by atoms with Gasteiger partial charge in [0.25, 0.3) is 11.8 Å². The van der Waals surface area contributed by atoms with Crippen LogP contribution in [0.3, 0.4) is 0 Å². The summed E-state index contributed by atoms with van der Waals surface area (Å²) in [6.07, 6.45) is 0. The fourth-order valence-electron chi connectivity index (χ4n) is 3.78. The number of carbonyl (C=O) groups is 2. The van der Waals surface area contributed by atoms with Crippen molar-refractivity contribution in [3.05, 3.63) is 104 Å². The number of halogens is 4. The van der Waals surface area contributed by atoms with E-state index in [0.717, 1.165) is 10.0 Å². The predicted molar refractivity (Wildman–Crippen MR) is 139 cm³/mol. The second-order valence-corrected chi connectivity index (χ2v) is 10.1. The van der Waals surface area contributed by atoms with E-state index in [4.69, 9.17) is 44.0 Å². The number of hydrogen-bond donors (Lipinski definition) is 0. The number of rotatable bonds is 7. The molecule has 0 saturated carbocycles. The Morgan fingerprint density at radius 3 is 2.53 bits per heavy atom. The average molecular weight is 608 g/mol. The molecule has 36 heavy (non-hydrogen) atoms. The lowest BCUT2D eigenvalue weighted by atomic mass is 9.94. The molecule has 2 unspecified atom stereocenters. The minimum atomic E-state index is -0.744. The molecule has 4 aromatic rings. The quantitative estimate of drug-likeness (QED) is 0.133. The SMILES string of the molecule is O=C(c1cccc(Cl)c1)c1cc(Cl)ccc1OCc1nnc(N2C(=O)C(Cl)C2c2ccc(Br)cc2)o1. The van der Waals surface area contributed by atoms with Gasteiger partial charge in [-0.1, -0.05) is 68.5 Å². The molecule has 7 nitrogen and oxygen atoms in total. The molecule has 2 atom stereocenters. The Balaban J connectivity index is 1.34. The number of benzene rings is 3. The molecule has 0 aliphatic carbocycles. The Labute approximate surface area is 229 Å². The summed E-state index contributed by atoms with van der Waals surface area (Å²) in [5.74, 6) is -0.259. The van der Waals surface area contributed by atoms with Crippen molar-refractivity contribution in [2.75, 3.05) is 4.90 Å². The summed E-state index contributed by atoms with van der Waals surface area (Å²) in [6, 6.07) is 18.3. The van der Waals surface area contributed by atoms with Crippen LogP contribution in [0.25, 0.3) is 0 Å². The van der Waals surface area contributed by atoms with Crippen molar-refractivity contribution in [1.29, 1.82) is 0 Å². The van der Waals surface area contributed by atoms with Gasteiger partial charge in [-0.3, -0.25) is 14.5 Å². The number of hydrogen-bond acceptors (Lipinski definition) is 6. The number of alkyl halides is 1. The van der Waals surface area contributed by atoms with E-state index in [2.05, 4.69) is 26.1 Å². The molecule has 11 heteroatoms. The van der Waals surface area contributed by atoms with Crippen molar-refractivity contribution < 1.29 is 18.7 Å². The van der Waals surface area contributed by atoms with Crippen LogP contribution in [-0.4, -0.2) is 27.3 Å². The number of β-lactam (4-membered cyclic amide) rings is 1. The van der Waals surface area contributed by atoms with Crippen LogP contribution in [-0.2, 0) is 11.4 Å². The van der Waals surface area contributed by atoms with Crippen LogP contribution in [0.15, 0.2) is 75.6 Å². The predicted octanol–water partition coefficient (Wildman–Crippen LogP) is 6.64. The first-order chi connectivity index (χ1) is 17.3. The maximum atomic E-state index is 13.1. The molecular weight excluding hydrogens is 593 g/mol. The molecule has 1 fully saturated rings. The van der Waals surface area contributed by atoms with E-state index in [-0.39, 0.29) is 41.5 Å². The molecule has 0 spiro atoms. The molecule has 0 radical (unpaired) electrons. The minimum absolute atomic E-state index is 0.00903. The first kappa shape index (κ1) is 24.8. The maximum Gasteiger partial charge on any atom is 0.325 e. The smallest absolute Gasteiger partial charge is 0.325 e. The van der Waals surface area contributed by atoms with Crippen LogP contribution in [0.4, 0.5) is 6.01 Å². The lowest BCUT2D eigenvalue weighted by Gasteiger charge is -2.41. The third-order valence-corrected chi connectivity index (χ3v) is 6.95. The van der Waals surface area contributed by atoms with E-state index < -0.39 is 11.4 Å². The van der Waals surface area contributed by atoms with Gasteiger partial charge in [-0.2, -0.15) is 0 Å². The molecule has 1 saturated heterocycles. The van der Waals surface area contributed by atoms with E-state index in [1.54, 1.807) is 36.4 Å². The van der Waals surface area contributed by atoms with Gasteiger partial charge in [0.2, 0.25) is 0 Å². The van der Waals surface area contributed by atoms with E-state index in [9.17, 15) is 9.59 Å². The first-order valence-corrected chi connectivity index (χ1v) is 12.6. The number of aromatic nitrogens is 2. The van der Waals surface area contributed by atoms with Crippen LogP contribution in [0.1, 0.15) is 33.4 Å². The summed E-state index contributed by atoms with van der Waals surface area (Å²) in [7, 11) is 0. The Morgan fingerprint density at radius 1 is 1.03 bits per heavy atom. The van der Waals surface area contributed by atoms with Gasteiger partial charge in [-0.25, -0.2) is 0 Å². The van der Waals surface area contributed by atoms with Crippen LogP contribution < -0.4 is 9.64 Å². The van der Waals surface area contributed by atoms with E-state index >= 15 is 0 Å². The molecule has 182 valence electrons. The summed E-state index contributed by atoms with van der Waals surface area (Å²) in [5, 5.41) is 8.04. The van der Waals surface area contributed by atoms with E-state index in [0.29, 0.717) is 15.6 Å². The van der Waals surface area contributed by atoms with Crippen molar-refractivity contribution in [2.24, 2.45) is 0 Å². The fourth-order valence-corrected chi connectivity index (χ4v) is 4.77. The molecule has 3 aromatic carbocycles. The zero-order valence-corrected chi connectivity index (χ0v) is 22.1. The van der Waals surface area contributed by atoms with Gasteiger partial charge in [0.05, 0.1) is 11.6 Å². The number of carbonyl (C=O) groups excluding carboxylic acids is 2. The third-order valence-electron chi connectivity index (χ3n) is 5.53. The highest BCUT2D eigenvalue weighted by Gasteiger charge is 2.50. The number of amides is 1. The molecule has 2 heterocycles. The zero-order valence-electron chi connectivity index (χ0n) is 18.2. The normalized spacial score (nSPS) is 17.1. The Hall–Kier alpha value is -2.91. The van der Waals surface area contributed by atoms with E-state index in [1.165, 1.54) is 11.0 Å². The van der Waals surface area contributed by atoms with Gasteiger partial charge in [0.1, 0.15) is 11.1 Å². The van der Waals surface area contributed by atoms with Crippen LogP contribution in [0.5, 0.6) is 5.75 Å². The van der Waals surface area contributed by atoms with Crippen molar-refractivity contribution in [2.45, 2.75) is 18.0 Å². The number of ether oxygens (including phenoxy) is 1. The standard InChI is InChI=1S/C25H15BrCl3N3O4/c26-15-6-4-13(5-7-15)22-21(29)24(34)32(22)25-31-30-20(36-25)12-35-19-9-8-17(28)11-18(19)23(33)14-2-1-3-16(27)10-14/h1-11,21-22H,12H2. The van der Waals surface area contributed by atoms with Gasteiger partial charge in [-0.05, 0) is 48.0 Å². The Morgan fingerprint density at radius 2 is 1.78 bits per heavy atom. The van der Waals surface area contributed by atoms with Crippen LogP contribution >= 0.6 is 50.7 Å². The largest absolute Gasteiger partial charge is 0.483 e. The second-order valence-electron chi connectivity index (χ2n) is 7.85. The number of anilines is 1. The highest BCUT2D eigenvalue weighted by molar-refractivity contribution is 9.10. The summed E-state index contributed by atoms with van der Waals surface area (Å²) in [5.41, 5.74) is 1.47. The van der Waals surface area contributed by atoms with Crippen molar-refractivity contribution in [3.63, 3.8) is 0 Å².